The number of hydrogen-bond acceptors (Lipinski definition) is 5. The second-order valence-corrected chi connectivity index (χ2v) is 7.52. The third-order valence-corrected chi connectivity index (χ3v) is 6.38. The molecule has 0 bridgehead atoms. The highest BCUT2D eigenvalue weighted by Crippen LogP contribution is 2.30. The lowest BCUT2D eigenvalue weighted by atomic mass is 10.2. The molecule has 0 saturated carbocycles. The number of nitrogen functional groups attached to an aromatic ring is 1. The van der Waals surface area contributed by atoms with Crippen molar-refractivity contribution >= 4 is 32.2 Å². The third kappa shape index (κ3) is 2.64. The molecule has 2 N–H and O–H groups in total. The SMILES string of the molecule is CCN(c1ccc(C)cc1)S(=O)(=O)c1sc(N)nc1C. The summed E-state index contributed by atoms with van der Waals surface area (Å²) in [6.45, 7) is 5.77. The van der Waals surface area contributed by atoms with Crippen LogP contribution in [0.1, 0.15) is 18.2 Å². The minimum absolute atomic E-state index is 0.206. The van der Waals surface area contributed by atoms with Gasteiger partial charge in [0.25, 0.3) is 10.0 Å². The summed E-state index contributed by atoms with van der Waals surface area (Å²) in [5.41, 5.74) is 7.77. The van der Waals surface area contributed by atoms with Crippen LogP contribution in [0.2, 0.25) is 0 Å². The van der Waals surface area contributed by atoms with Crippen LogP contribution in [0.25, 0.3) is 0 Å². The monoisotopic (exact) mass is 311 g/mol. The zero-order valence-electron chi connectivity index (χ0n) is 11.6. The first-order chi connectivity index (χ1) is 9.36. The van der Waals surface area contributed by atoms with Gasteiger partial charge in [0.05, 0.1) is 11.4 Å². The van der Waals surface area contributed by atoms with E-state index in [1.165, 1.54) is 4.31 Å². The van der Waals surface area contributed by atoms with Crippen LogP contribution in [-0.4, -0.2) is 19.9 Å². The zero-order chi connectivity index (χ0) is 14.9. The van der Waals surface area contributed by atoms with Crippen molar-refractivity contribution in [2.75, 3.05) is 16.6 Å². The number of benzene rings is 1. The summed E-state index contributed by atoms with van der Waals surface area (Å²) in [4.78, 5) is 3.99. The standard InChI is InChI=1S/C13H17N3O2S2/c1-4-16(11-7-5-9(2)6-8-11)20(17,18)12-10(3)15-13(14)19-12/h5-8H,4H2,1-3H3,(H2,14,15). The highest BCUT2D eigenvalue weighted by molar-refractivity contribution is 7.94. The van der Waals surface area contributed by atoms with E-state index in [1.54, 1.807) is 26.0 Å². The molecule has 2 aromatic rings. The molecule has 5 nitrogen and oxygen atoms in total. The summed E-state index contributed by atoms with van der Waals surface area (Å²) in [6.07, 6.45) is 0. The minimum atomic E-state index is -3.62. The second-order valence-electron chi connectivity index (χ2n) is 4.43. The Morgan fingerprint density at radius 1 is 1.25 bits per heavy atom. The topological polar surface area (TPSA) is 76.3 Å². The number of rotatable bonds is 4. The summed E-state index contributed by atoms with van der Waals surface area (Å²) < 4.78 is 27.0. The summed E-state index contributed by atoms with van der Waals surface area (Å²) in [7, 11) is -3.62. The maximum atomic E-state index is 12.7. The van der Waals surface area contributed by atoms with Crippen LogP contribution in [0.5, 0.6) is 0 Å². The molecule has 1 aromatic carbocycles. The minimum Gasteiger partial charge on any atom is -0.375 e. The van der Waals surface area contributed by atoms with Crippen LogP contribution < -0.4 is 10.0 Å². The van der Waals surface area contributed by atoms with Crippen LogP contribution in [-0.2, 0) is 10.0 Å². The van der Waals surface area contributed by atoms with Crippen molar-refractivity contribution in [1.29, 1.82) is 0 Å². The van der Waals surface area contributed by atoms with E-state index in [2.05, 4.69) is 4.98 Å². The van der Waals surface area contributed by atoms with Crippen molar-refractivity contribution in [2.24, 2.45) is 0 Å². The Bertz CT molecular complexity index is 706. The molecule has 0 unspecified atom stereocenters. The normalized spacial score (nSPS) is 11.6. The maximum Gasteiger partial charge on any atom is 0.275 e. The number of aryl methyl sites for hydroxylation is 2. The Morgan fingerprint density at radius 3 is 2.30 bits per heavy atom. The molecule has 0 aliphatic carbocycles. The highest BCUT2D eigenvalue weighted by Gasteiger charge is 2.28. The molecule has 0 fully saturated rings. The van der Waals surface area contributed by atoms with Crippen molar-refractivity contribution in [3.8, 4) is 0 Å². The maximum absolute atomic E-state index is 12.7. The predicted molar refractivity (Wildman–Crippen MR) is 82.6 cm³/mol. The highest BCUT2D eigenvalue weighted by atomic mass is 32.2. The molecule has 0 radical (unpaired) electrons. The van der Waals surface area contributed by atoms with Crippen molar-refractivity contribution < 1.29 is 8.42 Å². The number of nitrogens with zero attached hydrogens (tertiary/aromatic N) is 2. The molecule has 0 atom stereocenters. The molecule has 7 heteroatoms. The van der Waals surface area contributed by atoms with Gasteiger partial charge in [-0.15, -0.1) is 0 Å². The Kier molecular flexibility index (Phi) is 4.01. The van der Waals surface area contributed by atoms with Crippen LogP contribution in [0.3, 0.4) is 0 Å². The van der Waals surface area contributed by atoms with E-state index in [9.17, 15) is 8.42 Å². The average molecular weight is 311 g/mol. The number of thiazole rings is 1. The fourth-order valence-corrected chi connectivity index (χ4v) is 4.82. The Morgan fingerprint density at radius 2 is 1.85 bits per heavy atom. The lowest BCUT2D eigenvalue weighted by molar-refractivity contribution is 0.593. The van der Waals surface area contributed by atoms with Crippen LogP contribution >= 0.6 is 11.3 Å². The zero-order valence-corrected chi connectivity index (χ0v) is 13.3. The summed E-state index contributed by atoms with van der Waals surface area (Å²) in [6, 6.07) is 7.38. The van der Waals surface area contributed by atoms with Crippen LogP contribution in [0, 0.1) is 13.8 Å². The fraction of sp³-hybridized carbons (Fsp3) is 0.308. The number of anilines is 2. The van der Waals surface area contributed by atoms with E-state index in [1.807, 2.05) is 19.1 Å². The van der Waals surface area contributed by atoms with Crippen molar-refractivity contribution in [2.45, 2.75) is 25.0 Å². The van der Waals surface area contributed by atoms with Gasteiger partial charge in [0.1, 0.15) is 0 Å². The predicted octanol–water partition coefficient (Wildman–Crippen LogP) is 2.56. The molecule has 20 heavy (non-hydrogen) atoms. The fourth-order valence-electron chi connectivity index (χ4n) is 1.94. The van der Waals surface area contributed by atoms with E-state index < -0.39 is 10.0 Å². The number of aromatic nitrogens is 1. The third-order valence-electron chi connectivity index (χ3n) is 2.90. The van der Waals surface area contributed by atoms with Crippen molar-refractivity contribution in [3.05, 3.63) is 35.5 Å². The molecule has 0 spiro atoms. The van der Waals surface area contributed by atoms with E-state index in [0.29, 0.717) is 17.9 Å². The van der Waals surface area contributed by atoms with E-state index >= 15 is 0 Å². The van der Waals surface area contributed by atoms with Gasteiger partial charge in [-0.3, -0.25) is 4.31 Å². The van der Waals surface area contributed by atoms with Gasteiger partial charge in [-0.1, -0.05) is 29.0 Å². The largest absolute Gasteiger partial charge is 0.375 e. The molecule has 1 aromatic heterocycles. The van der Waals surface area contributed by atoms with Gasteiger partial charge in [0.2, 0.25) is 0 Å². The summed E-state index contributed by atoms with van der Waals surface area (Å²) in [5.74, 6) is 0. The van der Waals surface area contributed by atoms with Crippen molar-refractivity contribution in [1.82, 2.24) is 4.98 Å². The Hall–Kier alpha value is -1.60. The smallest absolute Gasteiger partial charge is 0.275 e. The number of sulfonamides is 1. The van der Waals surface area contributed by atoms with E-state index in [4.69, 9.17) is 5.73 Å². The van der Waals surface area contributed by atoms with E-state index in [-0.39, 0.29) is 9.34 Å². The van der Waals surface area contributed by atoms with Gasteiger partial charge in [0, 0.05) is 6.54 Å². The van der Waals surface area contributed by atoms with E-state index in [0.717, 1.165) is 16.9 Å². The molecule has 2 rings (SSSR count). The molecule has 1 heterocycles. The first-order valence-electron chi connectivity index (χ1n) is 6.18. The molecule has 0 saturated heterocycles. The lowest BCUT2D eigenvalue weighted by Crippen LogP contribution is -2.30. The Balaban J connectivity index is 2.50. The average Bonchev–Trinajstić information content (AvgIpc) is 2.72. The van der Waals surface area contributed by atoms with Gasteiger partial charge in [-0.2, -0.15) is 0 Å². The molecule has 0 aliphatic heterocycles. The molecule has 108 valence electrons. The first kappa shape index (κ1) is 14.8. The van der Waals surface area contributed by atoms with Gasteiger partial charge < -0.3 is 5.73 Å². The molecule has 0 amide bonds. The van der Waals surface area contributed by atoms with Gasteiger partial charge >= 0.3 is 0 Å². The van der Waals surface area contributed by atoms with Crippen LogP contribution in [0.15, 0.2) is 28.5 Å². The quantitative estimate of drug-likeness (QED) is 0.941. The molecular formula is C13H17N3O2S2. The second kappa shape index (κ2) is 5.41. The Labute approximate surface area is 123 Å². The van der Waals surface area contributed by atoms with Gasteiger partial charge in [0.15, 0.2) is 9.34 Å². The summed E-state index contributed by atoms with van der Waals surface area (Å²) in [5, 5.41) is 0.265. The first-order valence-corrected chi connectivity index (χ1v) is 8.44. The lowest BCUT2D eigenvalue weighted by Gasteiger charge is -2.22. The molecule has 0 aliphatic rings. The summed E-state index contributed by atoms with van der Waals surface area (Å²) >= 11 is 1.000. The van der Waals surface area contributed by atoms with Gasteiger partial charge in [-0.25, -0.2) is 13.4 Å². The van der Waals surface area contributed by atoms with Crippen molar-refractivity contribution in [3.63, 3.8) is 0 Å². The van der Waals surface area contributed by atoms with Crippen LogP contribution in [0.4, 0.5) is 10.8 Å². The molecular weight excluding hydrogens is 294 g/mol. The van der Waals surface area contributed by atoms with Gasteiger partial charge in [-0.05, 0) is 32.9 Å². The number of hydrogen-bond donors (Lipinski definition) is 1. The number of nitrogens with two attached hydrogens (primary N) is 1.